The lowest BCUT2D eigenvalue weighted by atomic mass is 10.00. The Morgan fingerprint density at radius 3 is 2.62 bits per heavy atom. The van der Waals surface area contributed by atoms with Crippen LogP contribution in [0.25, 0.3) is 6.08 Å². The highest BCUT2D eigenvalue weighted by Gasteiger charge is 2.18. The molecule has 0 unspecified atom stereocenters. The number of carboxylic acid groups (broad SMARTS) is 1. The topological polar surface area (TPSA) is 95.9 Å². The van der Waals surface area contributed by atoms with Crippen molar-refractivity contribution in [2.45, 2.75) is 20.5 Å². The molecule has 0 aromatic heterocycles. The van der Waals surface area contributed by atoms with E-state index in [1.54, 1.807) is 6.07 Å². The third kappa shape index (κ3) is 3.45. The minimum absolute atomic E-state index is 0.0517. The number of allylic oxidation sites excluding steroid dienone is 1. The smallest absolute Gasteiger partial charge is 0.335 e. The monoisotopic (exact) mass is 353 g/mol. The van der Waals surface area contributed by atoms with E-state index in [1.807, 2.05) is 13.8 Å². The molecule has 2 aromatic carbocycles. The highest BCUT2D eigenvalue weighted by molar-refractivity contribution is 6.09. The van der Waals surface area contributed by atoms with Crippen molar-refractivity contribution in [1.29, 1.82) is 0 Å². The van der Waals surface area contributed by atoms with E-state index >= 15 is 0 Å². The van der Waals surface area contributed by atoms with Crippen molar-refractivity contribution in [3.63, 3.8) is 0 Å². The van der Waals surface area contributed by atoms with Gasteiger partial charge in [-0.05, 0) is 55.3 Å². The van der Waals surface area contributed by atoms with Crippen LogP contribution in [0.4, 0.5) is 0 Å². The molecule has 26 heavy (non-hydrogen) atoms. The molecule has 2 aromatic rings. The fraction of sp³-hybridized carbons (Fsp3) is 0.200. The summed E-state index contributed by atoms with van der Waals surface area (Å²) in [7, 11) is 0. The van der Waals surface area contributed by atoms with Crippen LogP contribution < -0.4 is 9.84 Å². The molecule has 0 spiro atoms. The van der Waals surface area contributed by atoms with Gasteiger partial charge >= 0.3 is 5.97 Å². The second-order valence-electron chi connectivity index (χ2n) is 6.10. The van der Waals surface area contributed by atoms with Gasteiger partial charge in [0.2, 0.25) is 0 Å². The minimum Gasteiger partial charge on any atom is -0.872 e. The Morgan fingerprint density at radius 1 is 1.15 bits per heavy atom. The Hall–Kier alpha value is -3.12. The first-order chi connectivity index (χ1) is 12.4. The van der Waals surface area contributed by atoms with Crippen LogP contribution in [0, 0.1) is 13.8 Å². The zero-order valence-corrected chi connectivity index (χ0v) is 14.4. The second kappa shape index (κ2) is 7.01. The van der Waals surface area contributed by atoms with Gasteiger partial charge in [-0.1, -0.05) is 11.8 Å². The highest BCUT2D eigenvalue weighted by atomic mass is 16.7. The van der Waals surface area contributed by atoms with Crippen molar-refractivity contribution in [2.75, 3.05) is 6.79 Å². The SMILES string of the molecule is Cc1cc([O-])c(C(=O)/C=C/c2cc(C(=O)O)cc3c2OCOC3)cc1C. The molecule has 0 amide bonds. The van der Waals surface area contributed by atoms with Crippen molar-refractivity contribution in [3.05, 3.63) is 63.7 Å². The van der Waals surface area contributed by atoms with Crippen LogP contribution in [-0.4, -0.2) is 23.7 Å². The molecule has 3 rings (SSSR count). The zero-order chi connectivity index (χ0) is 18.8. The number of ether oxygens (including phenoxy) is 2. The fourth-order valence-corrected chi connectivity index (χ4v) is 2.73. The third-order valence-corrected chi connectivity index (χ3v) is 4.26. The summed E-state index contributed by atoms with van der Waals surface area (Å²) in [5.74, 6) is -1.39. The third-order valence-electron chi connectivity index (χ3n) is 4.26. The molecule has 0 aliphatic carbocycles. The predicted octanol–water partition coefficient (Wildman–Crippen LogP) is 2.84. The first-order valence-corrected chi connectivity index (χ1v) is 7.98. The van der Waals surface area contributed by atoms with Gasteiger partial charge in [0.25, 0.3) is 0 Å². The summed E-state index contributed by atoms with van der Waals surface area (Å²) in [6.45, 7) is 3.92. The molecule has 0 bridgehead atoms. The van der Waals surface area contributed by atoms with E-state index in [-0.39, 0.29) is 30.3 Å². The lowest BCUT2D eigenvalue weighted by Crippen LogP contribution is -2.14. The Kier molecular flexibility index (Phi) is 4.77. The maximum atomic E-state index is 12.4. The molecule has 1 aliphatic heterocycles. The van der Waals surface area contributed by atoms with Gasteiger partial charge in [0.1, 0.15) is 5.75 Å². The number of aryl methyl sites for hydroxylation is 2. The molecular formula is C20H17O6-. The number of rotatable bonds is 4. The number of ketones is 1. The maximum Gasteiger partial charge on any atom is 0.335 e. The average molecular weight is 353 g/mol. The average Bonchev–Trinajstić information content (AvgIpc) is 2.62. The van der Waals surface area contributed by atoms with E-state index in [1.165, 1.54) is 30.4 Å². The van der Waals surface area contributed by atoms with Crippen molar-refractivity contribution in [3.8, 4) is 11.5 Å². The van der Waals surface area contributed by atoms with Crippen LogP contribution in [0.2, 0.25) is 0 Å². The Balaban J connectivity index is 1.98. The molecule has 0 radical (unpaired) electrons. The second-order valence-corrected chi connectivity index (χ2v) is 6.10. The van der Waals surface area contributed by atoms with Crippen LogP contribution in [-0.2, 0) is 11.3 Å². The van der Waals surface area contributed by atoms with Crippen LogP contribution in [0.15, 0.2) is 30.3 Å². The van der Waals surface area contributed by atoms with Crippen LogP contribution in [0.1, 0.15) is 43.0 Å². The van der Waals surface area contributed by atoms with Gasteiger partial charge in [-0.25, -0.2) is 4.79 Å². The number of benzene rings is 2. The summed E-state index contributed by atoms with van der Waals surface area (Å²) in [5, 5.41) is 21.3. The lowest BCUT2D eigenvalue weighted by molar-refractivity contribution is -0.268. The molecule has 134 valence electrons. The van der Waals surface area contributed by atoms with E-state index < -0.39 is 11.8 Å². The Labute approximate surface area is 150 Å². The molecule has 0 fully saturated rings. The molecular weight excluding hydrogens is 336 g/mol. The molecule has 6 nitrogen and oxygen atoms in total. The van der Waals surface area contributed by atoms with Crippen LogP contribution >= 0.6 is 0 Å². The van der Waals surface area contributed by atoms with Crippen molar-refractivity contribution in [2.24, 2.45) is 0 Å². The highest BCUT2D eigenvalue weighted by Crippen LogP contribution is 2.31. The normalized spacial score (nSPS) is 13.3. The largest absolute Gasteiger partial charge is 0.872 e. The van der Waals surface area contributed by atoms with Gasteiger partial charge in [0.05, 0.1) is 12.2 Å². The van der Waals surface area contributed by atoms with Crippen LogP contribution in [0.5, 0.6) is 11.5 Å². The number of carbonyl (C=O) groups excluding carboxylic acids is 1. The van der Waals surface area contributed by atoms with E-state index in [4.69, 9.17) is 9.47 Å². The molecule has 0 saturated heterocycles. The number of carboxylic acids is 1. The summed E-state index contributed by atoms with van der Waals surface area (Å²) in [4.78, 5) is 23.7. The van der Waals surface area contributed by atoms with E-state index in [0.29, 0.717) is 16.9 Å². The summed E-state index contributed by atoms with van der Waals surface area (Å²) >= 11 is 0. The summed E-state index contributed by atoms with van der Waals surface area (Å²) in [6.07, 6.45) is 2.72. The number of fused-ring (bicyclic) bond motifs is 1. The number of hydrogen-bond acceptors (Lipinski definition) is 5. The summed E-state index contributed by atoms with van der Waals surface area (Å²) < 4.78 is 10.6. The number of aromatic carboxylic acids is 1. The summed E-state index contributed by atoms with van der Waals surface area (Å²) in [5.41, 5.74) is 2.88. The molecule has 1 heterocycles. The quantitative estimate of drug-likeness (QED) is 0.671. The van der Waals surface area contributed by atoms with Gasteiger partial charge in [0.15, 0.2) is 12.6 Å². The first-order valence-electron chi connectivity index (χ1n) is 7.98. The number of carbonyl (C=O) groups is 2. The van der Waals surface area contributed by atoms with Crippen molar-refractivity contribution in [1.82, 2.24) is 0 Å². The number of hydrogen-bond donors (Lipinski definition) is 1. The Bertz CT molecular complexity index is 926. The van der Waals surface area contributed by atoms with Crippen LogP contribution in [0.3, 0.4) is 0 Å². The predicted molar refractivity (Wildman–Crippen MR) is 92.4 cm³/mol. The lowest BCUT2D eigenvalue weighted by Gasteiger charge is -2.20. The van der Waals surface area contributed by atoms with Gasteiger partial charge in [-0.2, -0.15) is 0 Å². The zero-order valence-electron chi connectivity index (χ0n) is 14.4. The van der Waals surface area contributed by atoms with E-state index in [2.05, 4.69) is 0 Å². The minimum atomic E-state index is -1.09. The fourth-order valence-electron chi connectivity index (χ4n) is 2.73. The van der Waals surface area contributed by atoms with Gasteiger partial charge in [-0.3, -0.25) is 4.79 Å². The van der Waals surface area contributed by atoms with E-state index in [0.717, 1.165) is 11.1 Å². The van der Waals surface area contributed by atoms with Gasteiger partial charge in [0, 0.05) is 16.7 Å². The molecule has 0 atom stereocenters. The van der Waals surface area contributed by atoms with Gasteiger partial charge < -0.3 is 19.7 Å². The molecule has 6 heteroatoms. The van der Waals surface area contributed by atoms with Crippen molar-refractivity contribution >= 4 is 17.8 Å². The van der Waals surface area contributed by atoms with Crippen molar-refractivity contribution < 1.29 is 29.3 Å². The first kappa shape index (κ1) is 17.7. The molecule has 1 aliphatic rings. The van der Waals surface area contributed by atoms with E-state index in [9.17, 15) is 19.8 Å². The molecule has 1 N–H and O–H groups in total. The summed E-state index contributed by atoms with van der Waals surface area (Å²) in [6, 6.07) is 5.91. The van der Waals surface area contributed by atoms with Gasteiger partial charge in [-0.15, -0.1) is 0 Å². The standard InChI is InChI=1S/C20H18O6/c1-11-5-16(18(22)6-12(11)2)17(21)4-3-13-7-14(20(23)24)8-15-9-25-10-26-19(13)15/h3-8,22H,9-10H2,1-2H3,(H,23,24)/p-1/b4-3+. The Morgan fingerprint density at radius 2 is 1.88 bits per heavy atom. The maximum absolute atomic E-state index is 12.4. The molecule has 0 saturated carbocycles.